The first kappa shape index (κ1) is 12.9. The van der Waals surface area contributed by atoms with Crippen LogP contribution in [0.1, 0.15) is 13.8 Å². The lowest BCUT2D eigenvalue weighted by atomic mass is 10.2. The van der Waals surface area contributed by atoms with Crippen LogP contribution in [-0.2, 0) is 14.3 Å². The second-order valence-electron chi connectivity index (χ2n) is 3.11. The molecule has 5 nitrogen and oxygen atoms in total. The molecule has 2 unspecified atom stereocenters. The van der Waals surface area contributed by atoms with Crippen LogP contribution in [-0.4, -0.2) is 38.6 Å². The summed E-state index contributed by atoms with van der Waals surface area (Å²) in [4.78, 5) is 22.1. The number of nitrogens with one attached hydrogen (secondary N) is 2. The quantitative estimate of drug-likeness (QED) is 0.632. The summed E-state index contributed by atoms with van der Waals surface area (Å²) in [7, 11) is 3.12. The fraction of sp³-hybridized carbons (Fsp3) is 0.778. The highest BCUT2D eigenvalue weighted by molar-refractivity contribution is 5.80. The summed E-state index contributed by atoms with van der Waals surface area (Å²) in [6, 6.07) is 0. The van der Waals surface area contributed by atoms with Crippen LogP contribution in [0.15, 0.2) is 0 Å². The Morgan fingerprint density at radius 1 is 1.14 bits per heavy atom. The van der Waals surface area contributed by atoms with Crippen LogP contribution in [0.4, 0.5) is 0 Å². The summed E-state index contributed by atoms with van der Waals surface area (Å²) in [5, 5.41) is 4.98. The predicted molar refractivity (Wildman–Crippen MR) is 52.7 cm³/mol. The van der Waals surface area contributed by atoms with E-state index in [1.54, 1.807) is 27.9 Å². The zero-order chi connectivity index (χ0) is 11.1. The molecule has 82 valence electrons. The third-order valence-corrected chi connectivity index (χ3v) is 1.91. The highest BCUT2D eigenvalue weighted by Crippen LogP contribution is 1.99. The van der Waals surface area contributed by atoms with E-state index in [0.717, 1.165) is 0 Å². The molecule has 0 bridgehead atoms. The van der Waals surface area contributed by atoms with Crippen LogP contribution in [0.5, 0.6) is 0 Å². The number of hydrogen-bond acceptors (Lipinski definition) is 3. The van der Waals surface area contributed by atoms with Gasteiger partial charge in [-0.1, -0.05) is 6.92 Å². The van der Waals surface area contributed by atoms with Crippen molar-refractivity contribution in [3.05, 3.63) is 0 Å². The van der Waals surface area contributed by atoms with E-state index in [2.05, 4.69) is 10.6 Å². The van der Waals surface area contributed by atoms with Crippen molar-refractivity contribution in [3.63, 3.8) is 0 Å². The molecule has 0 aromatic rings. The van der Waals surface area contributed by atoms with Gasteiger partial charge in [-0.05, 0) is 6.92 Å². The Kier molecular flexibility index (Phi) is 5.87. The van der Waals surface area contributed by atoms with Crippen LogP contribution in [0.3, 0.4) is 0 Å². The third kappa shape index (κ3) is 4.23. The summed E-state index contributed by atoms with van der Waals surface area (Å²) in [5.74, 6) is -0.518. The van der Waals surface area contributed by atoms with Crippen LogP contribution in [0, 0.1) is 5.92 Å². The first-order valence-electron chi connectivity index (χ1n) is 4.57. The summed E-state index contributed by atoms with van der Waals surface area (Å²) >= 11 is 0. The molecular weight excluding hydrogens is 184 g/mol. The second-order valence-corrected chi connectivity index (χ2v) is 3.11. The lowest BCUT2D eigenvalue weighted by Crippen LogP contribution is -2.35. The number of ether oxygens (including phenoxy) is 1. The minimum Gasteiger partial charge on any atom is -0.368 e. The normalized spacial score (nSPS) is 14.3. The lowest BCUT2D eigenvalue weighted by molar-refractivity contribution is -0.135. The topological polar surface area (TPSA) is 67.4 Å². The molecule has 0 saturated heterocycles. The van der Waals surface area contributed by atoms with Gasteiger partial charge < -0.3 is 15.4 Å². The number of hydrogen-bond donors (Lipinski definition) is 2. The molecule has 2 N–H and O–H groups in total. The van der Waals surface area contributed by atoms with Gasteiger partial charge >= 0.3 is 0 Å². The van der Waals surface area contributed by atoms with E-state index in [0.29, 0.717) is 0 Å². The zero-order valence-electron chi connectivity index (χ0n) is 9.09. The van der Waals surface area contributed by atoms with Crippen LogP contribution < -0.4 is 10.6 Å². The molecule has 0 spiro atoms. The Morgan fingerprint density at radius 3 is 2.07 bits per heavy atom. The number of rotatable bonds is 5. The van der Waals surface area contributed by atoms with Gasteiger partial charge in [-0.2, -0.15) is 0 Å². The zero-order valence-corrected chi connectivity index (χ0v) is 9.09. The molecule has 5 heteroatoms. The summed E-state index contributed by atoms with van der Waals surface area (Å²) in [5.41, 5.74) is 0. The Balaban J connectivity index is 3.82. The fourth-order valence-corrected chi connectivity index (χ4v) is 0.890. The minimum absolute atomic E-state index is 0.0888. The van der Waals surface area contributed by atoms with E-state index < -0.39 is 6.10 Å². The molecule has 0 rings (SSSR count). The summed E-state index contributed by atoms with van der Waals surface area (Å²) < 4.78 is 5.21. The van der Waals surface area contributed by atoms with E-state index in [9.17, 15) is 9.59 Å². The van der Waals surface area contributed by atoms with Gasteiger partial charge in [0, 0.05) is 14.1 Å². The Morgan fingerprint density at radius 2 is 1.64 bits per heavy atom. The molecule has 0 heterocycles. The average Bonchev–Trinajstić information content (AvgIpc) is 2.22. The smallest absolute Gasteiger partial charge is 0.248 e. The standard InChI is InChI=1S/C9H18N2O3/c1-6(8(12)10-3)5-14-7(2)9(13)11-4/h6-7H,5H2,1-4H3,(H,10,12)(H,11,13). The molecule has 0 saturated carbocycles. The Hall–Kier alpha value is -1.10. The first-order chi connectivity index (χ1) is 6.52. The molecule has 0 radical (unpaired) electrons. The maximum atomic E-state index is 11.1. The maximum Gasteiger partial charge on any atom is 0.248 e. The molecule has 0 aromatic carbocycles. The highest BCUT2D eigenvalue weighted by Gasteiger charge is 2.16. The third-order valence-electron chi connectivity index (χ3n) is 1.91. The van der Waals surface area contributed by atoms with Crippen molar-refractivity contribution < 1.29 is 14.3 Å². The van der Waals surface area contributed by atoms with Crippen molar-refractivity contribution in [2.45, 2.75) is 20.0 Å². The molecule has 0 aromatic heterocycles. The SMILES string of the molecule is CNC(=O)C(C)COC(C)C(=O)NC. The van der Waals surface area contributed by atoms with Crippen LogP contribution in [0.2, 0.25) is 0 Å². The number of carbonyl (C=O) groups is 2. The van der Waals surface area contributed by atoms with Crippen molar-refractivity contribution in [2.75, 3.05) is 20.7 Å². The van der Waals surface area contributed by atoms with Gasteiger partial charge in [0.25, 0.3) is 0 Å². The van der Waals surface area contributed by atoms with Crippen molar-refractivity contribution in [2.24, 2.45) is 5.92 Å². The highest BCUT2D eigenvalue weighted by atomic mass is 16.5. The van der Waals surface area contributed by atoms with Crippen LogP contribution >= 0.6 is 0 Å². The average molecular weight is 202 g/mol. The van der Waals surface area contributed by atoms with Crippen molar-refractivity contribution in [1.82, 2.24) is 10.6 Å². The van der Waals surface area contributed by atoms with Gasteiger partial charge in [0.05, 0.1) is 12.5 Å². The lowest BCUT2D eigenvalue weighted by Gasteiger charge is -2.14. The number of likely N-dealkylation sites (N-methyl/N-ethyl adjacent to an activating group) is 1. The summed E-state index contributed by atoms with van der Waals surface area (Å²) in [6.07, 6.45) is -0.521. The van der Waals surface area contributed by atoms with Crippen molar-refractivity contribution in [3.8, 4) is 0 Å². The minimum atomic E-state index is -0.521. The molecule has 14 heavy (non-hydrogen) atoms. The van der Waals surface area contributed by atoms with E-state index in [1.165, 1.54) is 0 Å². The molecule has 0 aliphatic carbocycles. The molecule has 0 aliphatic rings. The van der Waals surface area contributed by atoms with E-state index in [-0.39, 0.29) is 24.3 Å². The van der Waals surface area contributed by atoms with Gasteiger partial charge in [0.1, 0.15) is 6.10 Å². The largest absolute Gasteiger partial charge is 0.368 e. The molecule has 0 aliphatic heterocycles. The molecule has 0 fully saturated rings. The monoisotopic (exact) mass is 202 g/mol. The Bertz CT molecular complexity index is 184. The van der Waals surface area contributed by atoms with E-state index in [1.807, 2.05) is 0 Å². The van der Waals surface area contributed by atoms with Crippen molar-refractivity contribution in [1.29, 1.82) is 0 Å². The van der Waals surface area contributed by atoms with E-state index in [4.69, 9.17) is 4.74 Å². The van der Waals surface area contributed by atoms with Crippen molar-refractivity contribution >= 4 is 11.8 Å². The van der Waals surface area contributed by atoms with Crippen LogP contribution in [0.25, 0.3) is 0 Å². The Labute approximate surface area is 84.2 Å². The summed E-state index contributed by atoms with van der Waals surface area (Å²) in [6.45, 7) is 3.64. The van der Waals surface area contributed by atoms with E-state index >= 15 is 0 Å². The fourth-order valence-electron chi connectivity index (χ4n) is 0.890. The van der Waals surface area contributed by atoms with Gasteiger partial charge in [-0.25, -0.2) is 0 Å². The molecule has 2 atom stereocenters. The second kappa shape index (κ2) is 6.37. The molecular formula is C9H18N2O3. The van der Waals surface area contributed by atoms with Gasteiger partial charge in [-0.3, -0.25) is 9.59 Å². The first-order valence-corrected chi connectivity index (χ1v) is 4.57. The van der Waals surface area contributed by atoms with Gasteiger partial charge in [0.2, 0.25) is 11.8 Å². The maximum absolute atomic E-state index is 11.1. The van der Waals surface area contributed by atoms with Gasteiger partial charge in [0.15, 0.2) is 0 Å². The molecule has 2 amide bonds. The number of amides is 2. The van der Waals surface area contributed by atoms with Gasteiger partial charge in [-0.15, -0.1) is 0 Å². The predicted octanol–water partition coefficient (Wildman–Crippen LogP) is -0.480. The number of carbonyl (C=O) groups excluding carboxylic acids is 2.